The second-order valence-electron chi connectivity index (χ2n) is 5.24. The van der Waals surface area contributed by atoms with E-state index in [1.54, 1.807) is 0 Å². The summed E-state index contributed by atoms with van der Waals surface area (Å²) in [5, 5.41) is 3.25. The highest BCUT2D eigenvalue weighted by molar-refractivity contribution is 5.83. The fraction of sp³-hybridized carbons (Fsp3) is 0.900. The largest absolute Gasteiger partial charge is 0.459 e. The zero-order valence-electron chi connectivity index (χ0n) is 8.52. The number of ether oxygens (including phenoxy) is 1. The van der Waals surface area contributed by atoms with E-state index in [0.29, 0.717) is 5.92 Å². The molecule has 0 aromatic carbocycles. The molecular formula is C10H17NO2. The molecule has 3 fully saturated rings. The molecule has 0 amide bonds. The summed E-state index contributed by atoms with van der Waals surface area (Å²) in [7, 11) is 0. The molecule has 2 saturated heterocycles. The standard InChI is InChI=1S/C10H17NO2/c1-9(2,3)13-8(12)10-4-7(5-10)6-11-10/h7,11H,4-6H2,1-3H3. The van der Waals surface area contributed by atoms with Crippen LogP contribution in [0.4, 0.5) is 0 Å². The summed E-state index contributed by atoms with van der Waals surface area (Å²) in [4.78, 5) is 11.7. The predicted octanol–water partition coefficient (Wildman–Crippen LogP) is 1.08. The van der Waals surface area contributed by atoms with E-state index >= 15 is 0 Å². The van der Waals surface area contributed by atoms with Gasteiger partial charge in [-0.05, 0) is 46.1 Å². The first-order chi connectivity index (χ1) is 5.91. The first-order valence-corrected chi connectivity index (χ1v) is 4.90. The molecule has 13 heavy (non-hydrogen) atoms. The van der Waals surface area contributed by atoms with E-state index in [4.69, 9.17) is 4.74 Å². The number of rotatable bonds is 1. The molecule has 3 heteroatoms. The van der Waals surface area contributed by atoms with E-state index in [1.165, 1.54) is 0 Å². The van der Waals surface area contributed by atoms with Crippen molar-refractivity contribution in [3.8, 4) is 0 Å². The molecule has 3 nitrogen and oxygen atoms in total. The third kappa shape index (κ3) is 1.46. The van der Waals surface area contributed by atoms with Gasteiger partial charge in [0, 0.05) is 0 Å². The van der Waals surface area contributed by atoms with Crippen LogP contribution in [-0.4, -0.2) is 23.7 Å². The smallest absolute Gasteiger partial charge is 0.326 e. The van der Waals surface area contributed by atoms with Crippen LogP contribution in [0.3, 0.4) is 0 Å². The van der Waals surface area contributed by atoms with Gasteiger partial charge in [-0.1, -0.05) is 0 Å². The third-order valence-corrected chi connectivity index (χ3v) is 2.79. The Kier molecular flexibility index (Phi) is 1.71. The average Bonchev–Trinajstić information content (AvgIpc) is 2.35. The van der Waals surface area contributed by atoms with Crippen LogP contribution in [0, 0.1) is 5.92 Å². The SMILES string of the molecule is CC(C)(C)OC(=O)C12CC(CN1)C2. The van der Waals surface area contributed by atoms with Crippen LogP contribution < -0.4 is 5.32 Å². The summed E-state index contributed by atoms with van der Waals surface area (Å²) < 4.78 is 5.36. The fourth-order valence-corrected chi connectivity index (χ4v) is 2.17. The number of fused-ring (bicyclic) bond motifs is 1. The molecule has 2 bridgehead atoms. The van der Waals surface area contributed by atoms with E-state index < -0.39 is 0 Å². The van der Waals surface area contributed by atoms with Crippen molar-refractivity contribution < 1.29 is 9.53 Å². The highest BCUT2D eigenvalue weighted by Gasteiger charge is 2.57. The van der Waals surface area contributed by atoms with Crippen LogP contribution in [0.5, 0.6) is 0 Å². The number of hydrogen-bond acceptors (Lipinski definition) is 3. The first kappa shape index (κ1) is 9.00. The van der Waals surface area contributed by atoms with Gasteiger partial charge in [0.15, 0.2) is 0 Å². The van der Waals surface area contributed by atoms with Gasteiger partial charge >= 0.3 is 5.97 Å². The predicted molar refractivity (Wildman–Crippen MR) is 49.3 cm³/mol. The van der Waals surface area contributed by atoms with Gasteiger partial charge in [-0.25, -0.2) is 0 Å². The molecule has 74 valence electrons. The van der Waals surface area contributed by atoms with Gasteiger partial charge in [-0.2, -0.15) is 0 Å². The van der Waals surface area contributed by atoms with Crippen molar-refractivity contribution in [2.24, 2.45) is 5.92 Å². The molecule has 1 aliphatic carbocycles. The highest BCUT2D eigenvalue weighted by Crippen LogP contribution is 2.44. The fourth-order valence-electron chi connectivity index (χ4n) is 2.17. The van der Waals surface area contributed by atoms with Crippen LogP contribution in [0.25, 0.3) is 0 Å². The molecule has 0 spiro atoms. The van der Waals surface area contributed by atoms with Crippen molar-refractivity contribution in [1.29, 1.82) is 0 Å². The zero-order chi connectivity index (χ0) is 9.69. The lowest BCUT2D eigenvalue weighted by atomic mass is 9.73. The molecule has 3 rings (SSSR count). The van der Waals surface area contributed by atoms with Crippen molar-refractivity contribution in [3.05, 3.63) is 0 Å². The van der Waals surface area contributed by atoms with Gasteiger partial charge in [-0.3, -0.25) is 4.79 Å². The van der Waals surface area contributed by atoms with Crippen molar-refractivity contribution in [2.45, 2.75) is 44.8 Å². The zero-order valence-corrected chi connectivity index (χ0v) is 8.52. The summed E-state index contributed by atoms with van der Waals surface area (Å²) in [5.74, 6) is 0.654. The molecule has 3 aliphatic rings. The quantitative estimate of drug-likeness (QED) is 0.618. The van der Waals surface area contributed by atoms with Gasteiger partial charge in [0.25, 0.3) is 0 Å². The normalized spacial score (nSPS) is 37.0. The van der Waals surface area contributed by atoms with Crippen LogP contribution in [0.2, 0.25) is 0 Å². The minimum Gasteiger partial charge on any atom is -0.459 e. The highest BCUT2D eigenvalue weighted by atomic mass is 16.6. The molecule has 0 unspecified atom stereocenters. The molecule has 0 atom stereocenters. The molecule has 0 aromatic rings. The summed E-state index contributed by atoms with van der Waals surface area (Å²) in [6.07, 6.45) is 1.95. The van der Waals surface area contributed by atoms with Gasteiger partial charge < -0.3 is 10.1 Å². The maximum Gasteiger partial charge on any atom is 0.326 e. The molecular weight excluding hydrogens is 166 g/mol. The summed E-state index contributed by atoms with van der Waals surface area (Å²) in [6.45, 7) is 6.71. The van der Waals surface area contributed by atoms with Crippen molar-refractivity contribution in [3.63, 3.8) is 0 Å². The molecule has 0 aromatic heterocycles. The topological polar surface area (TPSA) is 38.3 Å². The van der Waals surface area contributed by atoms with Crippen molar-refractivity contribution in [1.82, 2.24) is 5.32 Å². The van der Waals surface area contributed by atoms with Crippen LogP contribution in [0.1, 0.15) is 33.6 Å². The van der Waals surface area contributed by atoms with Crippen molar-refractivity contribution in [2.75, 3.05) is 6.54 Å². The number of esters is 1. The second kappa shape index (κ2) is 2.47. The lowest BCUT2D eigenvalue weighted by Gasteiger charge is -2.37. The Morgan fingerprint density at radius 1 is 1.46 bits per heavy atom. The van der Waals surface area contributed by atoms with Gasteiger partial charge in [0.05, 0.1) is 0 Å². The summed E-state index contributed by atoms with van der Waals surface area (Å²) in [6, 6.07) is 0. The minimum absolute atomic E-state index is 0.0613. The Morgan fingerprint density at radius 3 is 2.46 bits per heavy atom. The molecule has 0 radical (unpaired) electrons. The van der Waals surface area contributed by atoms with E-state index in [-0.39, 0.29) is 17.1 Å². The monoisotopic (exact) mass is 183 g/mol. The third-order valence-electron chi connectivity index (χ3n) is 2.79. The number of carbonyl (C=O) groups excluding carboxylic acids is 1. The maximum atomic E-state index is 11.7. The molecule has 1 N–H and O–H groups in total. The lowest BCUT2D eigenvalue weighted by molar-refractivity contribution is -0.165. The lowest BCUT2D eigenvalue weighted by Crippen LogP contribution is -2.53. The Morgan fingerprint density at radius 2 is 2.08 bits per heavy atom. The van der Waals surface area contributed by atoms with Gasteiger partial charge in [-0.15, -0.1) is 0 Å². The second-order valence-corrected chi connectivity index (χ2v) is 5.24. The molecule has 2 aliphatic heterocycles. The number of carbonyl (C=O) groups is 1. The first-order valence-electron chi connectivity index (χ1n) is 4.90. The van der Waals surface area contributed by atoms with Gasteiger partial charge in [0.1, 0.15) is 11.1 Å². The Labute approximate surface area is 78.8 Å². The van der Waals surface area contributed by atoms with Crippen molar-refractivity contribution >= 4 is 5.97 Å². The van der Waals surface area contributed by atoms with Crippen LogP contribution in [-0.2, 0) is 9.53 Å². The number of nitrogens with one attached hydrogen (secondary N) is 1. The number of hydrogen-bond donors (Lipinski definition) is 1. The summed E-state index contributed by atoms with van der Waals surface area (Å²) in [5.41, 5.74) is -0.668. The van der Waals surface area contributed by atoms with E-state index in [2.05, 4.69) is 5.32 Å². The Hall–Kier alpha value is -0.570. The minimum atomic E-state index is -0.360. The van der Waals surface area contributed by atoms with E-state index in [1.807, 2.05) is 20.8 Å². The summed E-state index contributed by atoms with van der Waals surface area (Å²) >= 11 is 0. The van der Waals surface area contributed by atoms with Crippen LogP contribution in [0.15, 0.2) is 0 Å². The molecule has 1 saturated carbocycles. The maximum absolute atomic E-state index is 11.7. The average molecular weight is 183 g/mol. The molecule has 2 heterocycles. The Bertz CT molecular complexity index is 230. The van der Waals surface area contributed by atoms with E-state index in [0.717, 1.165) is 19.4 Å². The van der Waals surface area contributed by atoms with Gasteiger partial charge in [0.2, 0.25) is 0 Å². The van der Waals surface area contributed by atoms with Crippen LogP contribution >= 0.6 is 0 Å². The Balaban J connectivity index is 1.98. The van der Waals surface area contributed by atoms with E-state index in [9.17, 15) is 4.79 Å².